The van der Waals surface area contributed by atoms with Gasteiger partial charge in [0.1, 0.15) is 5.75 Å². The van der Waals surface area contributed by atoms with Crippen LogP contribution in [-0.2, 0) is 6.54 Å². The summed E-state index contributed by atoms with van der Waals surface area (Å²) in [4.78, 5) is 4.83. The zero-order valence-corrected chi connectivity index (χ0v) is 20.1. The largest absolute Gasteiger partial charge is 0.497 e. The van der Waals surface area contributed by atoms with Gasteiger partial charge in [0.15, 0.2) is 17.3 Å². The highest BCUT2D eigenvalue weighted by Gasteiger charge is 2.31. The van der Waals surface area contributed by atoms with Crippen molar-refractivity contribution in [1.82, 2.24) is 30.0 Å². The zero-order valence-electron chi connectivity index (χ0n) is 20.1. The number of nitrogens with zero attached hydrogens (tertiary/aromatic N) is 6. The molecule has 2 heterocycles. The summed E-state index contributed by atoms with van der Waals surface area (Å²) in [6.07, 6.45) is 1.96. The van der Waals surface area contributed by atoms with Gasteiger partial charge in [-0.1, -0.05) is 24.3 Å². The van der Waals surface area contributed by atoms with E-state index < -0.39 is 0 Å². The van der Waals surface area contributed by atoms with Crippen LogP contribution in [0.15, 0.2) is 55.1 Å². The maximum atomic E-state index is 5.60. The van der Waals surface area contributed by atoms with Crippen molar-refractivity contribution in [1.29, 1.82) is 0 Å². The minimum atomic E-state index is -0.126. The van der Waals surface area contributed by atoms with Crippen LogP contribution in [-0.4, -0.2) is 84.1 Å². The van der Waals surface area contributed by atoms with Crippen molar-refractivity contribution < 1.29 is 14.2 Å². The summed E-state index contributed by atoms with van der Waals surface area (Å²) < 4.78 is 18.2. The third-order valence-corrected chi connectivity index (χ3v) is 6.18. The van der Waals surface area contributed by atoms with E-state index in [4.69, 9.17) is 14.2 Å². The number of tetrazole rings is 1. The lowest BCUT2D eigenvalue weighted by atomic mass is 10.0. The molecule has 0 N–H and O–H groups in total. The molecular weight excluding hydrogens is 432 g/mol. The maximum absolute atomic E-state index is 5.60. The molecule has 0 saturated carbocycles. The summed E-state index contributed by atoms with van der Waals surface area (Å²) >= 11 is 0. The molecule has 3 aromatic rings. The fourth-order valence-corrected chi connectivity index (χ4v) is 4.36. The molecule has 9 nitrogen and oxygen atoms in total. The van der Waals surface area contributed by atoms with E-state index >= 15 is 0 Å². The summed E-state index contributed by atoms with van der Waals surface area (Å²) in [7, 11) is 4.96. The number of hydrogen-bond donors (Lipinski definition) is 0. The lowest BCUT2D eigenvalue weighted by Gasteiger charge is -2.38. The average Bonchev–Trinajstić information content (AvgIpc) is 3.33. The first-order chi connectivity index (χ1) is 16.7. The summed E-state index contributed by atoms with van der Waals surface area (Å²) in [5, 5.41) is 12.9. The topological polar surface area (TPSA) is 77.8 Å². The van der Waals surface area contributed by atoms with E-state index in [-0.39, 0.29) is 6.04 Å². The van der Waals surface area contributed by atoms with Gasteiger partial charge in [-0.25, -0.2) is 4.68 Å². The maximum Gasteiger partial charge on any atom is 0.173 e. The van der Waals surface area contributed by atoms with Crippen LogP contribution < -0.4 is 14.2 Å². The predicted molar refractivity (Wildman–Crippen MR) is 130 cm³/mol. The van der Waals surface area contributed by atoms with Crippen LogP contribution in [0.2, 0.25) is 0 Å². The van der Waals surface area contributed by atoms with E-state index in [9.17, 15) is 0 Å². The van der Waals surface area contributed by atoms with Gasteiger partial charge in [-0.15, -0.1) is 11.7 Å². The van der Waals surface area contributed by atoms with Gasteiger partial charge in [-0.3, -0.25) is 9.80 Å². The molecule has 0 radical (unpaired) electrons. The van der Waals surface area contributed by atoms with E-state index in [2.05, 4.69) is 38.0 Å². The van der Waals surface area contributed by atoms with Crippen LogP contribution in [0.3, 0.4) is 0 Å². The first kappa shape index (κ1) is 23.7. The first-order valence-electron chi connectivity index (χ1n) is 11.3. The first-order valence-corrected chi connectivity index (χ1v) is 11.3. The molecule has 34 heavy (non-hydrogen) atoms. The number of benzene rings is 2. The van der Waals surface area contributed by atoms with Gasteiger partial charge >= 0.3 is 0 Å². The molecule has 1 aromatic heterocycles. The number of piperazine rings is 1. The van der Waals surface area contributed by atoms with Crippen LogP contribution >= 0.6 is 0 Å². The van der Waals surface area contributed by atoms with Gasteiger partial charge in [0.05, 0.1) is 33.9 Å². The van der Waals surface area contributed by atoms with Gasteiger partial charge in [-0.05, 0) is 45.8 Å². The molecular formula is C25H32N6O3. The van der Waals surface area contributed by atoms with Gasteiger partial charge in [0.25, 0.3) is 0 Å². The molecule has 0 aliphatic carbocycles. The summed E-state index contributed by atoms with van der Waals surface area (Å²) in [5.41, 5.74) is 2.15. The molecule has 0 spiro atoms. The van der Waals surface area contributed by atoms with Crippen molar-refractivity contribution in [3.05, 3.63) is 72.1 Å². The molecule has 0 unspecified atom stereocenters. The molecule has 1 aliphatic rings. The van der Waals surface area contributed by atoms with Crippen molar-refractivity contribution in [2.45, 2.75) is 12.6 Å². The minimum absolute atomic E-state index is 0.126. The Hall–Kier alpha value is -3.43. The summed E-state index contributed by atoms with van der Waals surface area (Å²) in [6, 6.07) is 13.9. The van der Waals surface area contributed by atoms with Crippen molar-refractivity contribution >= 4 is 0 Å². The van der Waals surface area contributed by atoms with Gasteiger partial charge in [0, 0.05) is 32.7 Å². The summed E-state index contributed by atoms with van der Waals surface area (Å²) in [6.45, 7) is 9.02. The second-order valence-corrected chi connectivity index (χ2v) is 8.19. The lowest BCUT2D eigenvalue weighted by molar-refractivity contribution is 0.112. The number of methoxy groups -OCH3 is 3. The van der Waals surface area contributed by atoms with Crippen molar-refractivity contribution in [2.24, 2.45) is 0 Å². The van der Waals surface area contributed by atoms with Crippen LogP contribution in [0.5, 0.6) is 17.2 Å². The van der Waals surface area contributed by atoms with Gasteiger partial charge in [-0.2, -0.15) is 0 Å². The number of ether oxygens (including phenoxy) is 3. The normalized spacial score (nSPS) is 15.6. The van der Waals surface area contributed by atoms with E-state index in [1.807, 2.05) is 47.2 Å². The van der Waals surface area contributed by atoms with Crippen molar-refractivity contribution in [3.8, 4) is 17.2 Å². The molecule has 180 valence electrons. The second-order valence-electron chi connectivity index (χ2n) is 8.19. The fraction of sp³-hybridized carbons (Fsp3) is 0.400. The Balaban J connectivity index is 1.68. The molecule has 9 heteroatoms. The predicted octanol–water partition coefficient (Wildman–Crippen LogP) is 2.64. The second kappa shape index (κ2) is 11.1. The Morgan fingerprint density at radius 3 is 2.32 bits per heavy atom. The standard InChI is InChI=1S/C25H32N6O3/c1-5-12-29-13-15-30(16-14-29)24(20-8-11-22(33-3)23(17-20)34-4)25-26-27-28-31(25)18-19-6-9-21(32-2)10-7-19/h5-11,17,24H,1,12-16,18H2,2-4H3/t24-/m0/s1. The Bertz CT molecular complexity index is 1080. The molecule has 1 saturated heterocycles. The monoisotopic (exact) mass is 464 g/mol. The van der Waals surface area contributed by atoms with Gasteiger partial charge in [0.2, 0.25) is 0 Å². The number of hydrogen-bond acceptors (Lipinski definition) is 8. The third-order valence-electron chi connectivity index (χ3n) is 6.18. The molecule has 2 aromatic carbocycles. The smallest absolute Gasteiger partial charge is 0.173 e. The highest BCUT2D eigenvalue weighted by Crippen LogP contribution is 2.35. The molecule has 1 fully saturated rings. The Morgan fingerprint density at radius 2 is 1.68 bits per heavy atom. The van der Waals surface area contributed by atoms with Crippen LogP contribution in [0.1, 0.15) is 23.0 Å². The minimum Gasteiger partial charge on any atom is -0.497 e. The Labute approximate surface area is 200 Å². The molecule has 1 aliphatic heterocycles. The Kier molecular flexibility index (Phi) is 7.76. The van der Waals surface area contributed by atoms with Crippen LogP contribution in [0.25, 0.3) is 0 Å². The fourth-order valence-electron chi connectivity index (χ4n) is 4.36. The highest BCUT2D eigenvalue weighted by molar-refractivity contribution is 5.45. The van der Waals surface area contributed by atoms with E-state index in [0.29, 0.717) is 18.0 Å². The van der Waals surface area contributed by atoms with Crippen LogP contribution in [0, 0.1) is 0 Å². The van der Waals surface area contributed by atoms with E-state index in [1.54, 1.807) is 21.3 Å². The third kappa shape index (κ3) is 5.21. The molecule has 1 atom stereocenters. The molecule has 0 amide bonds. The van der Waals surface area contributed by atoms with Crippen molar-refractivity contribution in [2.75, 3.05) is 54.1 Å². The lowest BCUT2D eigenvalue weighted by Crippen LogP contribution is -2.48. The number of aromatic nitrogens is 4. The average molecular weight is 465 g/mol. The van der Waals surface area contributed by atoms with Crippen LogP contribution in [0.4, 0.5) is 0 Å². The Morgan fingerprint density at radius 1 is 0.941 bits per heavy atom. The van der Waals surface area contributed by atoms with E-state index in [1.165, 1.54) is 0 Å². The zero-order chi connectivity index (χ0) is 23.9. The van der Waals surface area contributed by atoms with E-state index in [0.717, 1.165) is 55.4 Å². The molecule has 4 rings (SSSR count). The van der Waals surface area contributed by atoms with Crippen molar-refractivity contribution in [3.63, 3.8) is 0 Å². The summed E-state index contributed by atoms with van der Waals surface area (Å²) in [5.74, 6) is 2.99. The number of rotatable bonds is 10. The SMILES string of the molecule is C=CCN1CCN([C@@H](c2ccc(OC)c(OC)c2)c2nnnn2Cc2ccc(OC)cc2)CC1. The quantitative estimate of drug-likeness (QED) is 0.424. The highest BCUT2D eigenvalue weighted by atomic mass is 16.5. The van der Waals surface area contributed by atoms with Gasteiger partial charge < -0.3 is 14.2 Å². The molecule has 0 bridgehead atoms.